The van der Waals surface area contributed by atoms with Crippen LogP contribution in [-0.4, -0.2) is 11.6 Å². The molecule has 0 aliphatic heterocycles. The van der Waals surface area contributed by atoms with Gasteiger partial charge < -0.3 is 10.1 Å². The van der Waals surface area contributed by atoms with E-state index in [0.29, 0.717) is 6.04 Å². The van der Waals surface area contributed by atoms with Crippen LogP contribution in [-0.2, 0) is 6.54 Å². The summed E-state index contributed by atoms with van der Waals surface area (Å²) in [5.74, 6) is 0.942. The quantitative estimate of drug-likeness (QED) is 0.835. The first kappa shape index (κ1) is 14.0. The summed E-state index contributed by atoms with van der Waals surface area (Å²) in [6.07, 6.45) is 1.04. The first-order valence-corrected chi connectivity index (χ1v) is 7.57. The second-order valence-corrected chi connectivity index (χ2v) is 5.22. The molecule has 0 radical (unpaired) electrons. The molecule has 0 bridgehead atoms. The van der Waals surface area contributed by atoms with Gasteiger partial charge in [0, 0.05) is 18.0 Å². The van der Waals surface area contributed by atoms with E-state index in [1.165, 1.54) is 5.56 Å². The Hall–Kier alpha value is -1.39. The van der Waals surface area contributed by atoms with Crippen molar-refractivity contribution in [3.63, 3.8) is 0 Å². The van der Waals surface area contributed by atoms with Crippen LogP contribution in [0.25, 0.3) is 0 Å². The minimum atomic E-state index is 0.307. The smallest absolute Gasteiger partial charge is 0.119 e. The van der Waals surface area contributed by atoms with E-state index >= 15 is 0 Å². The largest absolute Gasteiger partial charge is 0.494 e. The molecule has 0 aliphatic carbocycles. The van der Waals surface area contributed by atoms with Crippen LogP contribution in [0.3, 0.4) is 0 Å². The first-order valence-electron chi connectivity index (χ1n) is 6.62. The highest BCUT2D eigenvalue weighted by atomic mass is 32.1. The van der Waals surface area contributed by atoms with E-state index in [4.69, 9.17) is 4.74 Å². The van der Waals surface area contributed by atoms with E-state index in [-0.39, 0.29) is 0 Å². The molecule has 0 fully saturated rings. The Labute approximate surface area is 118 Å². The molecule has 1 heterocycles. The van der Waals surface area contributed by atoms with Crippen LogP contribution in [0.15, 0.2) is 35.2 Å². The number of benzene rings is 1. The molecule has 0 aliphatic rings. The third kappa shape index (κ3) is 4.33. The van der Waals surface area contributed by atoms with E-state index in [1.807, 2.05) is 17.6 Å². The summed E-state index contributed by atoms with van der Waals surface area (Å²) in [6, 6.07) is 8.60. The summed E-state index contributed by atoms with van der Waals surface area (Å²) in [5, 5.41) is 5.54. The van der Waals surface area contributed by atoms with Crippen molar-refractivity contribution in [1.82, 2.24) is 10.3 Å². The highest BCUT2D eigenvalue weighted by Crippen LogP contribution is 2.18. The number of hydrogen-bond donors (Lipinski definition) is 1. The molecule has 1 unspecified atom stereocenters. The van der Waals surface area contributed by atoms with E-state index in [2.05, 4.69) is 41.7 Å². The van der Waals surface area contributed by atoms with E-state index < -0.39 is 0 Å². The van der Waals surface area contributed by atoms with Crippen molar-refractivity contribution in [3.8, 4) is 5.75 Å². The second-order valence-electron chi connectivity index (χ2n) is 4.50. The summed E-state index contributed by atoms with van der Waals surface area (Å²) >= 11 is 1.63. The number of hydrogen-bond acceptors (Lipinski definition) is 4. The van der Waals surface area contributed by atoms with Gasteiger partial charge in [0.15, 0.2) is 0 Å². The summed E-state index contributed by atoms with van der Waals surface area (Å²) in [5.41, 5.74) is 4.22. The van der Waals surface area contributed by atoms with Crippen molar-refractivity contribution < 1.29 is 4.74 Å². The van der Waals surface area contributed by atoms with Gasteiger partial charge in [-0.15, -0.1) is 11.3 Å². The van der Waals surface area contributed by atoms with E-state index in [9.17, 15) is 0 Å². The van der Waals surface area contributed by atoms with Crippen LogP contribution >= 0.6 is 11.3 Å². The Morgan fingerprint density at radius 1 is 1.32 bits per heavy atom. The lowest BCUT2D eigenvalue weighted by Gasteiger charge is -2.14. The van der Waals surface area contributed by atoms with E-state index in [0.717, 1.165) is 31.0 Å². The molecular formula is C15H20N2OS. The van der Waals surface area contributed by atoms with Gasteiger partial charge in [-0.05, 0) is 31.0 Å². The average Bonchev–Trinajstić information content (AvgIpc) is 2.96. The molecule has 4 heteroatoms. The number of aromatic nitrogens is 1. The second kappa shape index (κ2) is 7.26. The predicted octanol–water partition coefficient (Wildman–Crippen LogP) is 3.78. The fourth-order valence-corrected chi connectivity index (χ4v) is 2.33. The van der Waals surface area contributed by atoms with Gasteiger partial charge in [0.05, 0.1) is 17.8 Å². The van der Waals surface area contributed by atoms with Gasteiger partial charge >= 0.3 is 0 Å². The Kier molecular flexibility index (Phi) is 5.36. The number of nitrogens with zero attached hydrogens (tertiary/aromatic N) is 1. The number of ether oxygens (including phenoxy) is 1. The van der Waals surface area contributed by atoms with Crippen molar-refractivity contribution in [2.45, 2.75) is 32.9 Å². The van der Waals surface area contributed by atoms with Crippen LogP contribution < -0.4 is 10.1 Å². The van der Waals surface area contributed by atoms with Gasteiger partial charge in [-0.25, -0.2) is 4.98 Å². The monoisotopic (exact) mass is 276 g/mol. The van der Waals surface area contributed by atoms with Crippen LogP contribution in [0.5, 0.6) is 5.75 Å². The first-order chi connectivity index (χ1) is 9.29. The molecule has 2 aromatic rings. The highest BCUT2D eigenvalue weighted by molar-refractivity contribution is 7.07. The molecule has 1 aromatic carbocycles. The van der Waals surface area contributed by atoms with Gasteiger partial charge in [0.25, 0.3) is 0 Å². The molecule has 19 heavy (non-hydrogen) atoms. The maximum absolute atomic E-state index is 5.58. The van der Waals surface area contributed by atoms with Crippen molar-refractivity contribution in [2.75, 3.05) is 6.61 Å². The van der Waals surface area contributed by atoms with Crippen molar-refractivity contribution >= 4 is 11.3 Å². The number of rotatable bonds is 7. The molecule has 2 rings (SSSR count). The average molecular weight is 276 g/mol. The number of nitrogens with one attached hydrogen (secondary N) is 1. The van der Waals surface area contributed by atoms with Crippen molar-refractivity contribution in [1.29, 1.82) is 0 Å². The lowest BCUT2D eigenvalue weighted by atomic mass is 10.1. The molecule has 0 saturated carbocycles. The van der Waals surface area contributed by atoms with Crippen LogP contribution in [0.1, 0.15) is 37.6 Å². The molecule has 1 aromatic heterocycles. The third-order valence-electron chi connectivity index (χ3n) is 2.93. The summed E-state index contributed by atoms with van der Waals surface area (Å²) in [4.78, 5) is 4.27. The molecule has 102 valence electrons. The normalized spacial score (nSPS) is 12.3. The van der Waals surface area contributed by atoms with Crippen molar-refractivity contribution in [3.05, 3.63) is 46.4 Å². The standard InChI is InChI=1S/C15H20N2OS/c1-3-8-18-15-6-4-13(5-7-15)12(2)16-9-14-10-19-11-17-14/h4-7,10-12,16H,3,8-9H2,1-2H3. The van der Waals surface area contributed by atoms with Gasteiger partial charge in [-0.3, -0.25) is 0 Å². The SMILES string of the molecule is CCCOc1ccc(C(C)NCc2cscn2)cc1. The lowest BCUT2D eigenvalue weighted by molar-refractivity contribution is 0.317. The minimum Gasteiger partial charge on any atom is -0.494 e. The Bertz CT molecular complexity index is 467. The molecule has 1 atom stereocenters. The third-order valence-corrected chi connectivity index (χ3v) is 3.56. The fourth-order valence-electron chi connectivity index (χ4n) is 1.77. The molecule has 1 N–H and O–H groups in total. The van der Waals surface area contributed by atoms with Crippen LogP contribution in [0.4, 0.5) is 0 Å². The predicted molar refractivity (Wildman–Crippen MR) is 79.6 cm³/mol. The Balaban J connectivity index is 1.86. The highest BCUT2D eigenvalue weighted by Gasteiger charge is 2.05. The summed E-state index contributed by atoms with van der Waals surface area (Å²) in [7, 11) is 0. The van der Waals surface area contributed by atoms with Crippen LogP contribution in [0, 0.1) is 0 Å². The van der Waals surface area contributed by atoms with Gasteiger partial charge in [0.2, 0.25) is 0 Å². The molecule has 0 amide bonds. The molecule has 0 saturated heterocycles. The van der Waals surface area contributed by atoms with E-state index in [1.54, 1.807) is 11.3 Å². The van der Waals surface area contributed by atoms with Gasteiger partial charge in [-0.1, -0.05) is 19.1 Å². The topological polar surface area (TPSA) is 34.1 Å². The zero-order valence-corrected chi connectivity index (χ0v) is 12.2. The number of thiazole rings is 1. The molecular weight excluding hydrogens is 256 g/mol. The fraction of sp³-hybridized carbons (Fsp3) is 0.400. The summed E-state index contributed by atoms with van der Waals surface area (Å²) in [6.45, 7) is 5.85. The van der Waals surface area contributed by atoms with Gasteiger partial charge in [0.1, 0.15) is 5.75 Å². The summed E-state index contributed by atoms with van der Waals surface area (Å²) < 4.78 is 5.58. The zero-order valence-electron chi connectivity index (χ0n) is 11.4. The molecule has 3 nitrogen and oxygen atoms in total. The Morgan fingerprint density at radius 2 is 2.11 bits per heavy atom. The van der Waals surface area contributed by atoms with Crippen molar-refractivity contribution in [2.24, 2.45) is 0 Å². The lowest BCUT2D eigenvalue weighted by Crippen LogP contribution is -2.18. The zero-order chi connectivity index (χ0) is 13.5. The maximum atomic E-state index is 5.58. The van der Waals surface area contributed by atoms with Gasteiger partial charge in [-0.2, -0.15) is 0 Å². The maximum Gasteiger partial charge on any atom is 0.119 e. The molecule has 0 spiro atoms. The Morgan fingerprint density at radius 3 is 2.74 bits per heavy atom. The van der Waals surface area contributed by atoms with Crippen LogP contribution in [0.2, 0.25) is 0 Å². The minimum absolute atomic E-state index is 0.307.